The molecule has 5 rings (SSSR count). The molecule has 3 aromatic heterocycles. The van der Waals surface area contributed by atoms with Crippen LogP contribution < -0.4 is 10.5 Å². The van der Waals surface area contributed by atoms with E-state index in [1.165, 1.54) is 6.33 Å². The molecule has 4 atom stereocenters. The molecule has 0 spiro atoms. The molecule has 0 aliphatic carbocycles. The predicted octanol–water partition coefficient (Wildman–Crippen LogP) is 1.26. The van der Waals surface area contributed by atoms with Crippen molar-refractivity contribution in [3.8, 4) is 5.75 Å². The summed E-state index contributed by atoms with van der Waals surface area (Å²) in [6.07, 6.45) is 2.68. The lowest BCUT2D eigenvalue weighted by Crippen LogP contribution is -2.34. The molecule has 0 unspecified atom stereocenters. The Morgan fingerprint density at radius 1 is 1.10 bits per heavy atom. The Balaban J connectivity index is 1.38. The number of fused-ring (bicyclic) bond motifs is 2. The zero-order valence-corrected chi connectivity index (χ0v) is 15.3. The fourth-order valence-electron chi connectivity index (χ4n) is 3.68. The second-order valence-corrected chi connectivity index (χ2v) is 6.93. The Bertz CT molecular complexity index is 1170. The molecule has 0 radical (unpaired) electrons. The van der Waals surface area contributed by atoms with E-state index in [2.05, 4.69) is 15.0 Å². The van der Waals surface area contributed by atoms with Gasteiger partial charge in [-0.05, 0) is 23.6 Å². The quantitative estimate of drug-likeness (QED) is 0.473. The molecule has 1 aliphatic heterocycles. The van der Waals surface area contributed by atoms with Crippen molar-refractivity contribution in [3.63, 3.8) is 0 Å². The average molecular weight is 393 g/mol. The van der Waals surface area contributed by atoms with Gasteiger partial charge in [0, 0.05) is 24.0 Å². The summed E-state index contributed by atoms with van der Waals surface area (Å²) in [4.78, 5) is 12.3. The van der Waals surface area contributed by atoms with E-state index in [0.717, 1.165) is 10.8 Å². The molecule has 1 fully saturated rings. The zero-order chi connectivity index (χ0) is 20.0. The number of aromatic nitrogens is 4. The first-order valence-electron chi connectivity index (χ1n) is 9.17. The van der Waals surface area contributed by atoms with E-state index in [0.29, 0.717) is 22.6 Å². The lowest BCUT2D eigenvalue weighted by atomic mass is 10.1. The van der Waals surface area contributed by atoms with Gasteiger partial charge >= 0.3 is 0 Å². The molecule has 1 saturated heterocycles. The summed E-state index contributed by atoms with van der Waals surface area (Å²) >= 11 is 0. The molecule has 148 valence electrons. The number of nitrogen functional groups attached to an aromatic ring is 1. The van der Waals surface area contributed by atoms with Crippen LogP contribution in [-0.4, -0.2) is 54.7 Å². The molecular weight excluding hydrogens is 374 g/mol. The van der Waals surface area contributed by atoms with E-state index in [1.807, 2.05) is 24.3 Å². The number of anilines is 1. The summed E-state index contributed by atoms with van der Waals surface area (Å²) < 4.78 is 13.5. The van der Waals surface area contributed by atoms with Crippen molar-refractivity contribution < 1.29 is 19.7 Å². The molecule has 4 aromatic rings. The number of benzene rings is 1. The van der Waals surface area contributed by atoms with Gasteiger partial charge in [-0.1, -0.05) is 12.1 Å². The van der Waals surface area contributed by atoms with Crippen LogP contribution in [0.5, 0.6) is 5.75 Å². The number of aliphatic hydroxyl groups is 2. The average Bonchev–Trinajstić information content (AvgIpc) is 3.29. The Morgan fingerprint density at radius 2 is 2.00 bits per heavy atom. The highest BCUT2D eigenvalue weighted by atomic mass is 16.6. The van der Waals surface area contributed by atoms with Crippen LogP contribution in [-0.2, 0) is 4.74 Å². The SMILES string of the molecule is Nc1ncnc2c1ccn2[C@@H]1O[C@H](COc2cccc3ccncc23)[C@@H](O)[C@H]1O. The second-order valence-electron chi connectivity index (χ2n) is 6.93. The maximum atomic E-state index is 10.6. The van der Waals surface area contributed by atoms with E-state index in [9.17, 15) is 10.2 Å². The summed E-state index contributed by atoms with van der Waals surface area (Å²) in [7, 11) is 0. The molecule has 9 nitrogen and oxygen atoms in total. The van der Waals surface area contributed by atoms with Crippen molar-refractivity contribution in [2.45, 2.75) is 24.5 Å². The number of pyridine rings is 1. The first kappa shape index (κ1) is 17.8. The minimum atomic E-state index is -1.15. The van der Waals surface area contributed by atoms with Crippen molar-refractivity contribution in [2.75, 3.05) is 12.3 Å². The summed E-state index contributed by atoms with van der Waals surface area (Å²) in [6.45, 7) is 0.0685. The van der Waals surface area contributed by atoms with Crippen LogP contribution in [0.1, 0.15) is 6.23 Å². The van der Waals surface area contributed by atoms with Gasteiger partial charge in [0.1, 0.15) is 48.5 Å². The maximum Gasteiger partial charge on any atom is 0.164 e. The number of rotatable bonds is 4. The minimum Gasteiger partial charge on any atom is -0.490 e. The van der Waals surface area contributed by atoms with E-state index in [4.69, 9.17) is 15.2 Å². The van der Waals surface area contributed by atoms with E-state index in [-0.39, 0.29) is 6.61 Å². The Hall–Kier alpha value is -3.27. The first-order valence-corrected chi connectivity index (χ1v) is 9.17. The summed E-state index contributed by atoms with van der Waals surface area (Å²) in [5.41, 5.74) is 6.40. The normalized spacial score (nSPS) is 24.3. The summed E-state index contributed by atoms with van der Waals surface area (Å²) in [6, 6.07) is 9.33. The number of nitrogens with zero attached hydrogens (tertiary/aromatic N) is 4. The van der Waals surface area contributed by atoms with Crippen molar-refractivity contribution in [1.29, 1.82) is 0 Å². The molecule has 0 amide bonds. The van der Waals surface area contributed by atoms with Crippen LogP contribution in [0.15, 0.2) is 55.2 Å². The third-order valence-electron chi connectivity index (χ3n) is 5.20. The van der Waals surface area contributed by atoms with Gasteiger partial charge in [-0.15, -0.1) is 0 Å². The molecule has 4 N–H and O–H groups in total. The lowest BCUT2D eigenvalue weighted by molar-refractivity contribution is -0.0470. The summed E-state index contributed by atoms with van der Waals surface area (Å²) in [5.74, 6) is 0.975. The van der Waals surface area contributed by atoms with Crippen LogP contribution in [0.4, 0.5) is 5.82 Å². The van der Waals surface area contributed by atoms with E-state index < -0.39 is 24.5 Å². The van der Waals surface area contributed by atoms with Gasteiger partial charge in [-0.25, -0.2) is 9.97 Å². The number of hydrogen-bond donors (Lipinski definition) is 3. The van der Waals surface area contributed by atoms with Crippen LogP contribution in [0, 0.1) is 0 Å². The second kappa shape index (κ2) is 6.96. The molecule has 29 heavy (non-hydrogen) atoms. The lowest BCUT2D eigenvalue weighted by Gasteiger charge is -2.17. The van der Waals surface area contributed by atoms with Gasteiger partial charge in [0.25, 0.3) is 0 Å². The Kier molecular flexibility index (Phi) is 4.27. The molecular formula is C20H19N5O4. The van der Waals surface area contributed by atoms with Gasteiger partial charge in [0.15, 0.2) is 6.23 Å². The highest BCUT2D eigenvalue weighted by Gasteiger charge is 2.44. The van der Waals surface area contributed by atoms with Crippen LogP contribution >= 0.6 is 0 Å². The topological polar surface area (TPSA) is 129 Å². The maximum absolute atomic E-state index is 10.6. The number of aliphatic hydroxyl groups excluding tert-OH is 2. The van der Waals surface area contributed by atoms with Crippen LogP contribution in [0.3, 0.4) is 0 Å². The molecule has 4 heterocycles. The smallest absolute Gasteiger partial charge is 0.164 e. The molecule has 0 saturated carbocycles. The van der Waals surface area contributed by atoms with Gasteiger partial charge in [0.2, 0.25) is 0 Å². The number of hydrogen-bond acceptors (Lipinski definition) is 8. The van der Waals surface area contributed by atoms with Crippen molar-refractivity contribution >= 4 is 27.6 Å². The first-order chi connectivity index (χ1) is 14.1. The number of nitrogens with two attached hydrogens (primary N) is 1. The van der Waals surface area contributed by atoms with Crippen molar-refractivity contribution in [1.82, 2.24) is 19.5 Å². The van der Waals surface area contributed by atoms with Gasteiger partial charge < -0.3 is 30.0 Å². The monoisotopic (exact) mass is 393 g/mol. The van der Waals surface area contributed by atoms with Crippen molar-refractivity contribution in [2.24, 2.45) is 0 Å². The number of ether oxygens (including phenoxy) is 2. The van der Waals surface area contributed by atoms with E-state index >= 15 is 0 Å². The molecule has 1 aliphatic rings. The van der Waals surface area contributed by atoms with Gasteiger partial charge in [-0.3, -0.25) is 4.98 Å². The standard InChI is InChI=1S/C20H19N5O4/c21-18-12-5-7-25(19(12)24-10-23-18)20-17(27)16(26)15(29-20)9-28-14-3-1-2-11-4-6-22-8-13(11)14/h1-8,10,15-17,20,26-27H,9H2,(H2,21,23,24)/t15-,16-,17-,20-/m1/s1. The van der Waals surface area contributed by atoms with Crippen molar-refractivity contribution in [3.05, 3.63) is 55.2 Å². The largest absolute Gasteiger partial charge is 0.490 e. The minimum absolute atomic E-state index is 0.0685. The molecule has 1 aromatic carbocycles. The summed E-state index contributed by atoms with van der Waals surface area (Å²) in [5, 5.41) is 23.6. The fraction of sp³-hybridized carbons (Fsp3) is 0.250. The van der Waals surface area contributed by atoms with Crippen LogP contribution in [0.25, 0.3) is 21.8 Å². The Morgan fingerprint density at radius 3 is 2.90 bits per heavy atom. The predicted molar refractivity (Wildman–Crippen MR) is 105 cm³/mol. The van der Waals surface area contributed by atoms with Gasteiger partial charge in [-0.2, -0.15) is 0 Å². The Labute approximate surface area is 165 Å². The zero-order valence-electron chi connectivity index (χ0n) is 15.3. The van der Waals surface area contributed by atoms with Gasteiger partial charge in [0.05, 0.1) is 5.39 Å². The third kappa shape index (κ3) is 2.96. The van der Waals surface area contributed by atoms with E-state index in [1.54, 1.807) is 29.2 Å². The van der Waals surface area contributed by atoms with Crippen LogP contribution in [0.2, 0.25) is 0 Å². The fourth-order valence-corrected chi connectivity index (χ4v) is 3.68. The third-order valence-corrected chi connectivity index (χ3v) is 5.20. The highest BCUT2D eigenvalue weighted by molar-refractivity contribution is 5.87. The molecule has 9 heteroatoms. The molecule has 0 bridgehead atoms. The highest BCUT2D eigenvalue weighted by Crippen LogP contribution is 2.33.